The molecule has 144 valence electrons. The summed E-state index contributed by atoms with van der Waals surface area (Å²) in [5.74, 6) is -1.36. The molecule has 0 aliphatic carbocycles. The molecule has 5 nitrogen and oxygen atoms in total. The summed E-state index contributed by atoms with van der Waals surface area (Å²) in [6.07, 6.45) is -0.984. The number of aromatic nitrogens is 1. The lowest BCUT2D eigenvalue weighted by molar-refractivity contribution is -0.129. The van der Waals surface area contributed by atoms with Gasteiger partial charge < -0.3 is 10.1 Å². The van der Waals surface area contributed by atoms with Gasteiger partial charge in [0.1, 0.15) is 5.82 Å². The average Bonchev–Trinajstić information content (AvgIpc) is 2.67. The Morgan fingerprint density at radius 2 is 1.75 bits per heavy atom. The minimum Gasteiger partial charge on any atom is -0.449 e. The molecule has 2 aromatic carbocycles. The smallest absolute Gasteiger partial charge is 0.339 e. The van der Waals surface area contributed by atoms with Gasteiger partial charge in [-0.1, -0.05) is 30.3 Å². The highest BCUT2D eigenvalue weighted by Crippen LogP contribution is 2.20. The van der Waals surface area contributed by atoms with Crippen LogP contribution in [0.15, 0.2) is 54.6 Å². The highest BCUT2D eigenvalue weighted by atomic mass is 19.1. The zero-order valence-corrected chi connectivity index (χ0v) is 15.9. The van der Waals surface area contributed by atoms with Crippen molar-refractivity contribution in [1.82, 2.24) is 10.3 Å². The molecule has 2 atom stereocenters. The number of para-hydroxylation sites is 1. The third kappa shape index (κ3) is 4.34. The number of ether oxygens (including phenoxy) is 1. The normalized spacial score (nSPS) is 13.0. The molecule has 28 heavy (non-hydrogen) atoms. The number of halogens is 1. The van der Waals surface area contributed by atoms with Crippen molar-refractivity contribution < 1.29 is 18.7 Å². The predicted octanol–water partition coefficient (Wildman–Crippen LogP) is 4.11. The van der Waals surface area contributed by atoms with Crippen LogP contribution in [0.2, 0.25) is 0 Å². The number of rotatable bonds is 5. The molecule has 0 radical (unpaired) electrons. The number of aryl methyl sites for hydroxylation is 1. The Labute approximate surface area is 162 Å². The van der Waals surface area contributed by atoms with Crippen LogP contribution in [-0.2, 0) is 9.53 Å². The molecule has 3 rings (SSSR count). The number of nitrogens with one attached hydrogen (secondary N) is 1. The van der Waals surface area contributed by atoms with E-state index in [4.69, 9.17) is 4.74 Å². The Hall–Kier alpha value is -3.28. The molecule has 1 amide bonds. The van der Waals surface area contributed by atoms with Gasteiger partial charge in [-0.15, -0.1) is 0 Å². The monoisotopic (exact) mass is 380 g/mol. The third-order valence-corrected chi connectivity index (χ3v) is 4.45. The minimum atomic E-state index is -0.984. The molecule has 0 saturated carbocycles. The summed E-state index contributed by atoms with van der Waals surface area (Å²) in [7, 11) is 0. The zero-order valence-electron chi connectivity index (χ0n) is 15.9. The molecular weight excluding hydrogens is 359 g/mol. The molecule has 0 spiro atoms. The number of carbonyl (C=O) groups excluding carboxylic acids is 2. The van der Waals surface area contributed by atoms with Crippen molar-refractivity contribution in [2.24, 2.45) is 0 Å². The zero-order chi connectivity index (χ0) is 20.3. The summed E-state index contributed by atoms with van der Waals surface area (Å²) in [5, 5.41) is 3.44. The van der Waals surface area contributed by atoms with Gasteiger partial charge in [-0.05, 0) is 50.6 Å². The molecular formula is C22H21FN2O3. The fraction of sp³-hybridized carbons (Fsp3) is 0.227. The molecule has 0 aliphatic heterocycles. The maximum Gasteiger partial charge on any atom is 0.339 e. The van der Waals surface area contributed by atoms with Gasteiger partial charge in [-0.25, -0.2) is 9.18 Å². The van der Waals surface area contributed by atoms with Crippen molar-refractivity contribution in [3.05, 3.63) is 77.2 Å². The summed E-state index contributed by atoms with van der Waals surface area (Å²) >= 11 is 0. The van der Waals surface area contributed by atoms with Crippen LogP contribution in [-0.4, -0.2) is 23.0 Å². The highest BCUT2D eigenvalue weighted by molar-refractivity contribution is 6.04. The van der Waals surface area contributed by atoms with Gasteiger partial charge in [-0.3, -0.25) is 9.78 Å². The second-order valence-corrected chi connectivity index (χ2v) is 6.66. The third-order valence-electron chi connectivity index (χ3n) is 4.45. The van der Waals surface area contributed by atoms with E-state index in [2.05, 4.69) is 10.3 Å². The SMILES string of the molecule is Cc1cc(C(=O)O[C@@H](C)C(=O)N[C@@H](C)c2ccc(F)cc2)c2ccccc2n1. The van der Waals surface area contributed by atoms with Gasteiger partial charge in [0.2, 0.25) is 0 Å². The van der Waals surface area contributed by atoms with Crippen molar-refractivity contribution in [3.63, 3.8) is 0 Å². The molecule has 3 aromatic rings. The maximum atomic E-state index is 13.0. The average molecular weight is 380 g/mol. The van der Waals surface area contributed by atoms with Gasteiger partial charge in [0.25, 0.3) is 5.91 Å². The van der Waals surface area contributed by atoms with Crippen molar-refractivity contribution in [3.8, 4) is 0 Å². The lowest BCUT2D eigenvalue weighted by Crippen LogP contribution is -2.37. The number of amides is 1. The van der Waals surface area contributed by atoms with E-state index in [1.165, 1.54) is 19.1 Å². The van der Waals surface area contributed by atoms with Crippen LogP contribution < -0.4 is 5.32 Å². The lowest BCUT2D eigenvalue weighted by atomic mass is 10.1. The Morgan fingerprint density at radius 3 is 2.46 bits per heavy atom. The summed E-state index contributed by atoms with van der Waals surface area (Å²) in [6, 6.07) is 14.4. The minimum absolute atomic E-state index is 0.343. The van der Waals surface area contributed by atoms with Crippen LogP contribution in [0, 0.1) is 12.7 Å². The van der Waals surface area contributed by atoms with Crippen molar-refractivity contribution in [2.75, 3.05) is 0 Å². The Kier molecular flexibility index (Phi) is 5.68. The first kappa shape index (κ1) is 19.5. The summed E-state index contributed by atoms with van der Waals surface area (Å²) in [6.45, 7) is 5.09. The largest absolute Gasteiger partial charge is 0.449 e. The number of carbonyl (C=O) groups is 2. The number of hydrogen-bond donors (Lipinski definition) is 1. The second kappa shape index (κ2) is 8.17. The number of esters is 1. The van der Waals surface area contributed by atoms with Gasteiger partial charge in [-0.2, -0.15) is 0 Å². The number of hydrogen-bond acceptors (Lipinski definition) is 4. The van der Waals surface area contributed by atoms with E-state index in [-0.39, 0.29) is 11.9 Å². The van der Waals surface area contributed by atoms with Crippen LogP contribution in [0.1, 0.15) is 41.5 Å². The lowest BCUT2D eigenvalue weighted by Gasteiger charge is -2.18. The summed E-state index contributed by atoms with van der Waals surface area (Å²) < 4.78 is 18.4. The van der Waals surface area contributed by atoms with Gasteiger partial charge in [0, 0.05) is 11.1 Å². The van der Waals surface area contributed by atoms with Crippen molar-refractivity contribution in [1.29, 1.82) is 0 Å². The second-order valence-electron chi connectivity index (χ2n) is 6.66. The van der Waals surface area contributed by atoms with E-state index in [0.29, 0.717) is 22.2 Å². The Balaban J connectivity index is 1.70. The Bertz CT molecular complexity index is 1020. The van der Waals surface area contributed by atoms with Crippen LogP contribution in [0.5, 0.6) is 0 Å². The molecule has 1 aromatic heterocycles. The Morgan fingerprint density at radius 1 is 1.07 bits per heavy atom. The van der Waals surface area contributed by atoms with Crippen LogP contribution in [0.4, 0.5) is 4.39 Å². The summed E-state index contributed by atoms with van der Waals surface area (Å²) in [5.41, 5.74) is 2.50. The van der Waals surface area contributed by atoms with Crippen molar-refractivity contribution >= 4 is 22.8 Å². The fourth-order valence-corrected chi connectivity index (χ4v) is 2.92. The number of pyridine rings is 1. The van der Waals surface area contributed by atoms with Crippen LogP contribution in [0.3, 0.4) is 0 Å². The first-order valence-electron chi connectivity index (χ1n) is 8.98. The molecule has 1 heterocycles. The van der Waals surface area contributed by atoms with Gasteiger partial charge in [0.05, 0.1) is 17.1 Å². The molecule has 6 heteroatoms. The number of fused-ring (bicyclic) bond motifs is 1. The van der Waals surface area contributed by atoms with Crippen LogP contribution >= 0.6 is 0 Å². The molecule has 0 unspecified atom stereocenters. The van der Waals surface area contributed by atoms with E-state index in [1.807, 2.05) is 18.2 Å². The van der Waals surface area contributed by atoms with E-state index in [9.17, 15) is 14.0 Å². The van der Waals surface area contributed by atoms with Crippen molar-refractivity contribution in [2.45, 2.75) is 32.9 Å². The van der Waals surface area contributed by atoms with E-state index >= 15 is 0 Å². The highest BCUT2D eigenvalue weighted by Gasteiger charge is 2.22. The molecule has 0 fully saturated rings. The first-order chi connectivity index (χ1) is 13.3. The van der Waals surface area contributed by atoms with E-state index in [0.717, 1.165) is 5.56 Å². The quantitative estimate of drug-likeness (QED) is 0.677. The number of benzene rings is 2. The van der Waals surface area contributed by atoms with Gasteiger partial charge in [0.15, 0.2) is 6.10 Å². The predicted molar refractivity (Wildman–Crippen MR) is 104 cm³/mol. The standard InChI is InChI=1S/C22H21FN2O3/c1-13-12-19(18-6-4-5-7-20(18)24-13)22(27)28-15(3)21(26)25-14(2)16-8-10-17(23)11-9-16/h4-12,14-15H,1-3H3,(H,25,26)/t14-,15-/m0/s1. The molecule has 0 saturated heterocycles. The fourth-order valence-electron chi connectivity index (χ4n) is 2.92. The van der Waals surface area contributed by atoms with Gasteiger partial charge >= 0.3 is 5.97 Å². The number of nitrogens with zero attached hydrogens (tertiary/aromatic N) is 1. The van der Waals surface area contributed by atoms with E-state index < -0.39 is 18.0 Å². The van der Waals surface area contributed by atoms with E-state index in [1.54, 1.807) is 38.1 Å². The molecule has 1 N–H and O–H groups in total. The van der Waals surface area contributed by atoms with Crippen LogP contribution in [0.25, 0.3) is 10.9 Å². The molecule has 0 bridgehead atoms. The topological polar surface area (TPSA) is 68.3 Å². The molecule has 0 aliphatic rings. The summed E-state index contributed by atoms with van der Waals surface area (Å²) in [4.78, 5) is 29.5. The maximum absolute atomic E-state index is 13.0. The first-order valence-corrected chi connectivity index (χ1v) is 8.98.